The van der Waals surface area contributed by atoms with Crippen LogP contribution in [0.4, 0.5) is 28.0 Å². The van der Waals surface area contributed by atoms with Gasteiger partial charge in [-0.15, -0.1) is 0 Å². The van der Waals surface area contributed by atoms with Gasteiger partial charge in [0.15, 0.2) is 0 Å². The molecule has 2 aliphatic carbocycles. The summed E-state index contributed by atoms with van der Waals surface area (Å²) < 4.78 is 79.5. The Morgan fingerprint density at radius 3 is 2.26 bits per heavy atom. The molecule has 0 aromatic heterocycles. The number of carbonyl (C=O) groups is 4. The number of fused-ring (bicyclic) bond motifs is 1. The van der Waals surface area contributed by atoms with E-state index in [1.807, 2.05) is 6.92 Å². The Morgan fingerprint density at radius 2 is 1.70 bits per heavy atom. The van der Waals surface area contributed by atoms with Crippen LogP contribution in [0.25, 0.3) is 0 Å². The van der Waals surface area contributed by atoms with E-state index in [9.17, 15) is 45.2 Å². The topological polar surface area (TPSA) is 165 Å². The van der Waals surface area contributed by atoms with Crippen LogP contribution in [-0.2, 0) is 43.7 Å². The van der Waals surface area contributed by atoms with E-state index in [-0.39, 0.29) is 36.9 Å². The molecule has 0 radical (unpaired) electrons. The third-order valence-electron chi connectivity index (χ3n) is 10.8. The second-order valence-electron chi connectivity index (χ2n) is 15.9. The number of nitrogens with zero attached hydrogens (tertiary/aromatic N) is 2. The number of hydrogen-bond donors (Lipinski definition) is 4. The molecular formula is C37H47F4N5O7S. The van der Waals surface area contributed by atoms with Crippen LogP contribution in [0.3, 0.4) is 0 Å². The standard InChI is InChI=1S/C28H39F3N4O5S.C9H8FNO2/c1-6-17-16-27(17,24(38)34-41(39,40)26(5)12-13-26)33-22(36)20-11-8-14-35(20)23(37)21(25(2,3)4)32-19-10-7-9-18(15-19)28(29,30)31;10-8-3-1-2-6-4-11(9(12)13)5-7(6)8/h7,9-10,15,17,20-21,32H,6,8,11-14,16H2,1-5H3,(H,33,36)(H,34,38);1-3H,4-5H2,(H,12,13)/t17?,20?,21-,27?;/m1./s1. The third-order valence-corrected chi connectivity index (χ3v) is 13.0. The van der Waals surface area contributed by atoms with E-state index < -0.39 is 73.4 Å². The Hall–Kier alpha value is -4.41. The number of alkyl halides is 3. The summed E-state index contributed by atoms with van der Waals surface area (Å²) in [6.07, 6.45) is -2.95. The van der Waals surface area contributed by atoms with E-state index in [0.717, 1.165) is 17.7 Å². The molecule has 2 aliphatic heterocycles. The molecule has 3 unspecified atom stereocenters. The zero-order valence-corrected chi connectivity index (χ0v) is 31.7. The van der Waals surface area contributed by atoms with Gasteiger partial charge in [0.2, 0.25) is 21.8 Å². The molecule has 1 saturated heterocycles. The summed E-state index contributed by atoms with van der Waals surface area (Å²) in [5, 5.41) is 14.4. The number of halogens is 4. The zero-order chi connectivity index (χ0) is 40.0. The first-order chi connectivity index (χ1) is 25.0. The molecule has 0 bridgehead atoms. The Bertz CT molecular complexity index is 1910. The van der Waals surface area contributed by atoms with Crippen molar-refractivity contribution in [2.45, 2.75) is 115 Å². The number of carbonyl (C=O) groups excluding carboxylic acids is 3. The van der Waals surface area contributed by atoms with E-state index in [1.54, 1.807) is 39.8 Å². The molecule has 2 heterocycles. The van der Waals surface area contributed by atoms with Gasteiger partial charge in [-0.2, -0.15) is 13.2 Å². The Balaban J connectivity index is 0.000000360. The van der Waals surface area contributed by atoms with E-state index >= 15 is 0 Å². The van der Waals surface area contributed by atoms with E-state index in [1.165, 1.54) is 28.0 Å². The average molecular weight is 782 g/mol. The second kappa shape index (κ2) is 14.7. The smallest absolute Gasteiger partial charge is 0.416 e. The molecule has 12 nitrogen and oxygen atoms in total. The van der Waals surface area contributed by atoms with Crippen molar-refractivity contribution >= 4 is 39.5 Å². The highest BCUT2D eigenvalue weighted by molar-refractivity contribution is 7.91. The van der Waals surface area contributed by atoms with Crippen molar-refractivity contribution in [3.05, 3.63) is 65.0 Å². The number of sulfonamides is 1. The first kappa shape index (κ1) is 40.8. The number of amides is 4. The van der Waals surface area contributed by atoms with Crippen LogP contribution in [0, 0.1) is 17.2 Å². The summed E-state index contributed by atoms with van der Waals surface area (Å²) >= 11 is 0. The first-order valence-electron chi connectivity index (χ1n) is 17.9. The van der Waals surface area contributed by atoms with Crippen LogP contribution in [0.1, 0.15) is 89.8 Å². The minimum absolute atomic E-state index is 0.123. The molecular weight excluding hydrogens is 734 g/mol. The number of anilines is 1. The molecule has 2 saturated carbocycles. The number of nitrogens with one attached hydrogen (secondary N) is 3. The molecule has 54 heavy (non-hydrogen) atoms. The molecule has 17 heteroatoms. The minimum Gasteiger partial charge on any atom is -0.465 e. The second-order valence-corrected chi connectivity index (χ2v) is 18.1. The number of benzene rings is 2. The molecule has 2 aromatic rings. The summed E-state index contributed by atoms with van der Waals surface area (Å²) in [4.78, 5) is 53.8. The van der Waals surface area contributed by atoms with Gasteiger partial charge in [0.25, 0.3) is 5.91 Å². The lowest BCUT2D eigenvalue weighted by Gasteiger charge is -2.36. The number of likely N-dealkylation sites (tertiary alicyclic amines) is 1. The third kappa shape index (κ3) is 8.45. The van der Waals surface area contributed by atoms with Crippen LogP contribution < -0.4 is 15.4 Å². The maximum atomic E-state index is 13.8. The van der Waals surface area contributed by atoms with E-state index in [4.69, 9.17) is 5.11 Å². The fraction of sp³-hybridized carbons (Fsp3) is 0.568. The van der Waals surface area contributed by atoms with Gasteiger partial charge in [0.05, 0.1) is 16.9 Å². The Morgan fingerprint density at radius 1 is 1.04 bits per heavy atom. The molecule has 2 aromatic carbocycles. The van der Waals surface area contributed by atoms with Gasteiger partial charge < -0.3 is 20.6 Å². The molecule has 296 valence electrons. The van der Waals surface area contributed by atoms with Crippen molar-refractivity contribution < 1.29 is 50.3 Å². The van der Waals surface area contributed by atoms with E-state index in [0.29, 0.717) is 44.2 Å². The van der Waals surface area contributed by atoms with Gasteiger partial charge in [-0.3, -0.25) is 24.0 Å². The van der Waals surface area contributed by atoms with Crippen molar-refractivity contribution in [1.29, 1.82) is 0 Å². The van der Waals surface area contributed by atoms with Gasteiger partial charge in [-0.1, -0.05) is 52.3 Å². The summed E-state index contributed by atoms with van der Waals surface area (Å²) in [6, 6.07) is 7.44. The van der Waals surface area contributed by atoms with Gasteiger partial charge in [0, 0.05) is 24.3 Å². The van der Waals surface area contributed by atoms with Crippen molar-refractivity contribution in [2.24, 2.45) is 11.3 Å². The molecule has 6 rings (SSSR count). The van der Waals surface area contributed by atoms with Crippen molar-refractivity contribution in [3.63, 3.8) is 0 Å². The lowest BCUT2D eigenvalue weighted by Crippen LogP contribution is -2.59. The van der Waals surface area contributed by atoms with Gasteiger partial charge in [-0.05, 0) is 80.2 Å². The van der Waals surface area contributed by atoms with Gasteiger partial charge >= 0.3 is 12.3 Å². The number of hydrogen-bond acceptors (Lipinski definition) is 7. The van der Waals surface area contributed by atoms with E-state index in [2.05, 4.69) is 15.4 Å². The summed E-state index contributed by atoms with van der Waals surface area (Å²) in [5.41, 5.74) is -1.56. The van der Waals surface area contributed by atoms with Crippen LogP contribution in [0.2, 0.25) is 0 Å². The van der Waals surface area contributed by atoms with Crippen LogP contribution in [0.15, 0.2) is 42.5 Å². The molecule has 4 amide bonds. The summed E-state index contributed by atoms with van der Waals surface area (Å²) in [7, 11) is -3.90. The number of carboxylic acid groups (broad SMARTS) is 1. The summed E-state index contributed by atoms with van der Waals surface area (Å²) in [5.74, 6) is -2.33. The number of rotatable bonds is 9. The molecule has 0 spiro atoms. The first-order valence-corrected chi connectivity index (χ1v) is 19.4. The molecule has 4 atom stereocenters. The lowest BCUT2D eigenvalue weighted by atomic mass is 9.85. The zero-order valence-electron chi connectivity index (χ0n) is 30.8. The maximum absolute atomic E-state index is 13.8. The minimum atomic E-state index is -4.55. The summed E-state index contributed by atoms with van der Waals surface area (Å²) in [6.45, 7) is 9.46. The van der Waals surface area contributed by atoms with Crippen molar-refractivity contribution in [2.75, 3.05) is 11.9 Å². The quantitative estimate of drug-likeness (QED) is 0.238. The van der Waals surface area contributed by atoms with Gasteiger partial charge in [-0.25, -0.2) is 17.6 Å². The van der Waals surface area contributed by atoms with Crippen molar-refractivity contribution in [1.82, 2.24) is 19.8 Å². The fourth-order valence-corrected chi connectivity index (χ4v) is 8.29. The highest BCUT2D eigenvalue weighted by Gasteiger charge is 2.63. The van der Waals surface area contributed by atoms with Crippen LogP contribution in [-0.4, -0.2) is 76.1 Å². The van der Waals surface area contributed by atoms with Crippen LogP contribution >= 0.6 is 0 Å². The van der Waals surface area contributed by atoms with Gasteiger partial charge in [0.1, 0.15) is 23.4 Å². The predicted molar refractivity (Wildman–Crippen MR) is 191 cm³/mol. The SMILES string of the molecule is CCC1CC1(NC(=O)C1CCCN1C(=O)[C@@H](Nc1cccc(C(F)(F)F)c1)C(C)(C)C)C(=O)NS(=O)(=O)C1(C)CC1.O=C(O)N1Cc2cccc(F)c2C1. The van der Waals surface area contributed by atoms with Crippen LogP contribution in [0.5, 0.6) is 0 Å². The van der Waals surface area contributed by atoms with Crippen molar-refractivity contribution in [3.8, 4) is 0 Å². The Kier molecular flexibility index (Phi) is 11.1. The highest BCUT2D eigenvalue weighted by Crippen LogP contribution is 2.48. The lowest BCUT2D eigenvalue weighted by molar-refractivity contribution is -0.141. The highest BCUT2D eigenvalue weighted by atomic mass is 32.2. The largest absolute Gasteiger partial charge is 0.465 e. The average Bonchev–Trinajstić information content (AvgIpc) is 3.85. The predicted octanol–water partition coefficient (Wildman–Crippen LogP) is 5.63. The molecule has 3 fully saturated rings. The Labute approximate surface area is 312 Å². The molecule has 4 aliphatic rings. The normalized spacial score (nSPS) is 23.4. The monoisotopic (exact) mass is 781 g/mol. The molecule has 4 N–H and O–H groups in total. The maximum Gasteiger partial charge on any atom is 0.416 e. The fourth-order valence-electron chi connectivity index (χ4n) is 6.98.